The molecule has 1 saturated heterocycles. The molecular formula is C22H24BrN3O4. The van der Waals surface area contributed by atoms with Crippen LogP contribution in [0.15, 0.2) is 46.9 Å². The van der Waals surface area contributed by atoms with E-state index in [2.05, 4.69) is 26.6 Å². The van der Waals surface area contributed by atoms with Crippen molar-refractivity contribution < 1.29 is 19.1 Å². The average Bonchev–Trinajstić information content (AvgIpc) is 3.12. The number of aryl methyl sites for hydroxylation is 1. The molecule has 1 unspecified atom stereocenters. The van der Waals surface area contributed by atoms with E-state index in [9.17, 15) is 14.4 Å². The Bertz CT molecular complexity index is 963. The molecule has 0 saturated carbocycles. The van der Waals surface area contributed by atoms with Gasteiger partial charge in [-0.05, 0) is 42.8 Å². The van der Waals surface area contributed by atoms with Crippen molar-refractivity contribution in [2.75, 3.05) is 37.0 Å². The normalized spacial score (nSPS) is 15.9. The number of hydrogen-bond donors (Lipinski definition) is 2. The molecule has 1 heterocycles. The van der Waals surface area contributed by atoms with E-state index in [0.717, 1.165) is 15.7 Å². The Hall–Kier alpha value is -2.71. The lowest BCUT2D eigenvalue weighted by atomic mass is 10.1. The predicted octanol–water partition coefficient (Wildman–Crippen LogP) is 3.13. The highest BCUT2D eigenvalue weighted by Gasteiger charge is 2.35. The number of ether oxygens (including phenoxy) is 1. The van der Waals surface area contributed by atoms with E-state index in [0.29, 0.717) is 30.9 Å². The monoisotopic (exact) mass is 473 g/mol. The summed E-state index contributed by atoms with van der Waals surface area (Å²) in [7, 11) is 1.56. The fourth-order valence-electron chi connectivity index (χ4n) is 3.32. The van der Waals surface area contributed by atoms with Crippen molar-refractivity contribution in [2.45, 2.75) is 13.3 Å². The fourth-order valence-corrected chi connectivity index (χ4v) is 3.56. The summed E-state index contributed by atoms with van der Waals surface area (Å²) < 4.78 is 5.90. The third-order valence-corrected chi connectivity index (χ3v) is 5.86. The number of hydrogen-bond acceptors (Lipinski definition) is 4. The smallest absolute Gasteiger partial charge is 0.253 e. The summed E-state index contributed by atoms with van der Waals surface area (Å²) in [5.41, 5.74) is 2.57. The van der Waals surface area contributed by atoms with Crippen LogP contribution in [0.4, 0.5) is 11.4 Å². The number of nitrogens with one attached hydrogen (secondary N) is 2. The Morgan fingerprint density at radius 2 is 2.00 bits per heavy atom. The highest BCUT2D eigenvalue weighted by atomic mass is 79.9. The van der Waals surface area contributed by atoms with Crippen LogP contribution in [0.1, 0.15) is 22.3 Å². The van der Waals surface area contributed by atoms with Crippen LogP contribution >= 0.6 is 15.9 Å². The molecule has 3 rings (SSSR count). The summed E-state index contributed by atoms with van der Waals surface area (Å²) in [6, 6.07) is 12.5. The molecule has 1 aliphatic heterocycles. The quantitative estimate of drug-likeness (QED) is 0.604. The van der Waals surface area contributed by atoms with Gasteiger partial charge in [0, 0.05) is 36.8 Å². The van der Waals surface area contributed by atoms with Crippen LogP contribution in [-0.4, -0.2) is 44.5 Å². The molecule has 1 aliphatic rings. The molecule has 3 amide bonds. The lowest BCUT2D eigenvalue weighted by Gasteiger charge is -2.18. The van der Waals surface area contributed by atoms with Gasteiger partial charge in [0.2, 0.25) is 11.8 Å². The zero-order valence-electron chi connectivity index (χ0n) is 16.9. The standard InChI is InChI=1S/C22H24BrN3O4/c1-14-11-16(7-8-18(14)23)26-13-15(12-20(26)27)21(28)25-19-6-4-3-5-17(19)22(29)24-9-10-30-2/h3-8,11,15H,9-10,12-13H2,1-2H3,(H,24,29)(H,25,28). The minimum absolute atomic E-state index is 0.0949. The Morgan fingerprint density at radius 1 is 1.23 bits per heavy atom. The molecule has 1 fully saturated rings. The number of nitrogens with zero attached hydrogens (tertiary/aromatic N) is 1. The summed E-state index contributed by atoms with van der Waals surface area (Å²) in [6.45, 7) is 3.02. The first-order valence-corrected chi connectivity index (χ1v) is 10.4. The molecule has 1 atom stereocenters. The average molecular weight is 474 g/mol. The van der Waals surface area contributed by atoms with Crippen LogP contribution in [0, 0.1) is 12.8 Å². The number of methoxy groups -OCH3 is 1. The minimum atomic E-state index is -0.494. The summed E-state index contributed by atoms with van der Waals surface area (Å²) >= 11 is 3.46. The minimum Gasteiger partial charge on any atom is -0.383 e. The lowest BCUT2D eigenvalue weighted by molar-refractivity contribution is -0.122. The molecular weight excluding hydrogens is 450 g/mol. The van der Waals surface area contributed by atoms with Crippen molar-refractivity contribution >= 4 is 45.0 Å². The van der Waals surface area contributed by atoms with Gasteiger partial charge in [0.25, 0.3) is 5.91 Å². The number of benzene rings is 2. The molecule has 0 bridgehead atoms. The van der Waals surface area contributed by atoms with E-state index in [4.69, 9.17) is 4.74 Å². The largest absolute Gasteiger partial charge is 0.383 e. The predicted molar refractivity (Wildman–Crippen MR) is 119 cm³/mol. The molecule has 7 nitrogen and oxygen atoms in total. The highest BCUT2D eigenvalue weighted by Crippen LogP contribution is 2.29. The molecule has 2 N–H and O–H groups in total. The van der Waals surface area contributed by atoms with Crippen LogP contribution in [-0.2, 0) is 14.3 Å². The fraction of sp³-hybridized carbons (Fsp3) is 0.318. The third-order valence-electron chi connectivity index (χ3n) is 4.97. The Labute approximate surface area is 183 Å². The highest BCUT2D eigenvalue weighted by molar-refractivity contribution is 9.10. The number of carbonyl (C=O) groups is 3. The van der Waals surface area contributed by atoms with Gasteiger partial charge in [-0.3, -0.25) is 14.4 Å². The number of para-hydroxylation sites is 1. The number of amides is 3. The molecule has 0 aliphatic carbocycles. The number of halogens is 1. The first kappa shape index (κ1) is 22.0. The zero-order valence-corrected chi connectivity index (χ0v) is 18.5. The van der Waals surface area contributed by atoms with Gasteiger partial charge in [-0.1, -0.05) is 28.1 Å². The van der Waals surface area contributed by atoms with Crippen LogP contribution in [0.25, 0.3) is 0 Å². The van der Waals surface area contributed by atoms with Crippen molar-refractivity contribution in [2.24, 2.45) is 5.92 Å². The summed E-state index contributed by atoms with van der Waals surface area (Å²) in [5.74, 6) is -1.16. The number of carbonyl (C=O) groups excluding carboxylic acids is 3. The second kappa shape index (κ2) is 9.86. The van der Waals surface area contributed by atoms with E-state index >= 15 is 0 Å². The van der Waals surface area contributed by atoms with Crippen LogP contribution in [0.3, 0.4) is 0 Å². The molecule has 0 spiro atoms. The Balaban J connectivity index is 1.69. The second-order valence-electron chi connectivity index (χ2n) is 7.12. The van der Waals surface area contributed by atoms with Crippen LogP contribution in [0.5, 0.6) is 0 Å². The van der Waals surface area contributed by atoms with Crippen molar-refractivity contribution in [1.82, 2.24) is 5.32 Å². The number of rotatable bonds is 7. The zero-order chi connectivity index (χ0) is 21.7. The van der Waals surface area contributed by atoms with E-state index in [1.165, 1.54) is 0 Å². The lowest BCUT2D eigenvalue weighted by Crippen LogP contribution is -2.30. The van der Waals surface area contributed by atoms with Crippen LogP contribution in [0.2, 0.25) is 0 Å². The summed E-state index contributed by atoms with van der Waals surface area (Å²) in [4.78, 5) is 39.4. The van der Waals surface area contributed by atoms with Gasteiger partial charge >= 0.3 is 0 Å². The molecule has 0 radical (unpaired) electrons. The van der Waals surface area contributed by atoms with E-state index in [-0.39, 0.29) is 24.1 Å². The van der Waals surface area contributed by atoms with E-state index < -0.39 is 5.92 Å². The summed E-state index contributed by atoms with van der Waals surface area (Å²) in [5, 5.41) is 5.57. The topological polar surface area (TPSA) is 87.7 Å². The molecule has 2 aromatic rings. The van der Waals surface area contributed by atoms with E-state index in [1.807, 2.05) is 25.1 Å². The maximum absolute atomic E-state index is 12.8. The van der Waals surface area contributed by atoms with Crippen molar-refractivity contribution in [3.8, 4) is 0 Å². The molecule has 158 valence electrons. The molecule has 2 aromatic carbocycles. The maximum Gasteiger partial charge on any atom is 0.253 e. The third kappa shape index (κ3) is 5.06. The second-order valence-corrected chi connectivity index (χ2v) is 7.98. The van der Waals surface area contributed by atoms with Gasteiger partial charge < -0.3 is 20.3 Å². The first-order chi connectivity index (χ1) is 14.4. The van der Waals surface area contributed by atoms with Gasteiger partial charge in [0.1, 0.15) is 0 Å². The molecule has 8 heteroatoms. The van der Waals surface area contributed by atoms with E-state index in [1.54, 1.807) is 36.3 Å². The van der Waals surface area contributed by atoms with Crippen molar-refractivity contribution in [1.29, 1.82) is 0 Å². The van der Waals surface area contributed by atoms with Gasteiger partial charge in [0.15, 0.2) is 0 Å². The Morgan fingerprint density at radius 3 is 2.73 bits per heavy atom. The Kier molecular flexibility index (Phi) is 7.23. The van der Waals surface area contributed by atoms with Gasteiger partial charge in [0.05, 0.1) is 23.8 Å². The van der Waals surface area contributed by atoms with Gasteiger partial charge in [-0.15, -0.1) is 0 Å². The maximum atomic E-state index is 12.8. The van der Waals surface area contributed by atoms with Crippen LogP contribution < -0.4 is 15.5 Å². The molecule has 0 aromatic heterocycles. The first-order valence-electron chi connectivity index (χ1n) is 9.64. The van der Waals surface area contributed by atoms with Gasteiger partial charge in [-0.25, -0.2) is 0 Å². The molecule has 30 heavy (non-hydrogen) atoms. The summed E-state index contributed by atoms with van der Waals surface area (Å²) in [6.07, 6.45) is 0.128. The SMILES string of the molecule is COCCNC(=O)c1ccccc1NC(=O)C1CC(=O)N(c2ccc(Br)c(C)c2)C1. The number of anilines is 2. The van der Waals surface area contributed by atoms with Gasteiger partial charge in [-0.2, -0.15) is 0 Å². The van der Waals surface area contributed by atoms with Crippen molar-refractivity contribution in [3.05, 3.63) is 58.1 Å². The van der Waals surface area contributed by atoms with Crippen molar-refractivity contribution in [3.63, 3.8) is 0 Å².